The lowest BCUT2D eigenvalue weighted by molar-refractivity contribution is -0.152. The number of hydrogen-bond acceptors (Lipinski definition) is 10. The number of benzene rings is 3. The van der Waals surface area contributed by atoms with Crippen molar-refractivity contribution in [1.29, 1.82) is 0 Å². The van der Waals surface area contributed by atoms with E-state index < -0.39 is 42.7 Å². The Kier molecular flexibility index (Phi) is 12.7. The Morgan fingerprint density at radius 3 is 1.40 bits per heavy atom. The van der Waals surface area contributed by atoms with Crippen LogP contribution in [0.2, 0.25) is 0 Å². The van der Waals surface area contributed by atoms with Gasteiger partial charge in [-0.05, 0) is 36.4 Å². The van der Waals surface area contributed by atoms with Gasteiger partial charge < -0.3 is 39.6 Å². The lowest BCUT2D eigenvalue weighted by Crippen LogP contribution is -2.45. The number of amides is 3. The minimum Gasteiger partial charge on any atom is -0.464 e. The molecule has 3 N–H and O–H groups in total. The van der Waals surface area contributed by atoms with E-state index in [0.717, 1.165) is 0 Å². The molecule has 0 saturated carbocycles. The number of carbonyl (C=O) groups excluding carboxylic acids is 5. The largest absolute Gasteiger partial charge is 0.464 e. The summed E-state index contributed by atoms with van der Waals surface area (Å²) in [6.07, 6.45) is -3.11. The molecular weight excluding hydrogens is 550 g/mol. The second-order valence-corrected chi connectivity index (χ2v) is 8.25. The number of hydrogen-bond donors (Lipinski definition) is 3. The zero-order valence-corrected chi connectivity index (χ0v) is 22.4. The minimum atomic E-state index is -1.47. The predicted octanol–water partition coefficient (Wildman–Crippen LogP) is 3.20. The zero-order valence-electron chi connectivity index (χ0n) is 22.4. The number of para-hydroxylation sites is 3. The van der Waals surface area contributed by atoms with E-state index in [9.17, 15) is 24.0 Å². The molecule has 13 heteroatoms. The van der Waals surface area contributed by atoms with E-state index in [4.69, 9.17) is 23.7 Å². The fourth-order valence-electron chi connectivity index (χ4n) is 3.17. The fourth-order valence-corrected chi connectivity index (χ4v) is 3.17. The molecule has 3 rings (SSSR count). The van der Waals surface area contributed by atoms with Crippen LogP contribution >= 0.6 is 0 Å². The first kappa shape index (κ1) is 30.9. The summed E-state index contributed by atoms with van der Waals surface area (Å²) in [5.74, 6) is -0.959. The highest BCUT2D eigenvalue weighted by Crippen LogP contribution is 2.10. The van der Waals surface area contributed by atoms with Crippen LogP contribution in [-0.2, 0) is 19.1 Å². The van der Waals surface area contributed by atoms with Gasteiger partial charge in [-0.2, -0.15) is 0 Å². The van der Waals surface area contributed by atoms with Crippen LogP contribution < -0.4 is 30.2 Å². The van der Waals surface area contributed by atoms with Crippen LogP contribution in [0.4, 0.5) is 14.4 Å². The van der Waals surface area contributed by atoms with Crippen LogP contribution in [0.15, 0.2) is 91.0 Å². The summed E-state index contributed by atoms with van der Waals surface area (Å²) in [4.78, 5) is 61.1. The highest BCUT2D eigenvalue weighted by Gasteiger charge is 2.27. The quantitative estimate of drug-likeness (QED) is 0.202. The molecule has 0 aliphatic carbocycles. The summed E-state index contributed by atoms with van der Waals surface area (Å²) < 4.78 is 25.4. The van der Waals surface area contributed by atoms with Crippen molar-refractivity contribution in [1.82, 2.24) is 16.0 Å². The first-order valence-corrected chi connectivity index (χ1v) is 12.8. The molecule has 13 nitrogen and oxygen atoms in total. The van der Waals surface area contributed by atoms with Crippen LogP contribution in [0.3, 0.4) is 0 Å². The van der Waals surface area contributed by atoms with Gasteiger partial charge in [-0.1, -0.05) is 54.6 Å². The Hall–Kier alpha value is -5.59. The van der Waals surface area contributed by atoms with Crippen molar-refractivity contribution < 1.29 is 47.7 Å². The standard InChI is InChI=1S/C29H29N3O10/c33-25(38-18-16-30-27(35)40-21-10-4-1-5-11-21)20-24(32-29(37)42-23-14-8-3-9-15-23)26(34)39-19-17-31-28(36)41-22-12-6-2-7-13-22/h1-15,24H,16-20H2,(H,30,35)(H,31,36)(H,32,37)/t24-/m0/s1. The molecule has 0 aliphatic rings. The Labute approximate surface area is 241 Å². The van der Waals surface area contributed by atoms with Crippen molar-refractivity contribution in [3.05, 3.63) is 91.0 Å². The van der Waals surface area contributed by atoms with Gasteiger partial charge in [0, 0.05) is 0 Å². The average molecular weight is 580 g/mol. The van der Waals surface area contributed by atoms with Gasteiger partial charge >= 0.3 is 30.2 Å². The minimum absolute atomic E-state index is 0.0687. The molecule has 0 heterocycles. The second kappa shape index (κ2) is 17.2. The molecule has 3 aromatic carbocycles. The SMILES string of the molecule is O=C(C[C@H](NC(=O)Oc1ccccc1)C(=O)OCCNC(=O)Oc1ccccc1)OCCNC(=O)Oc1ccccc1. The van der Waals surface area contributed by atoms with E-state index in [0.29, 0.717) is 11.5 Å². The van der Waals surface area contributed by atoms with Gasteiger partial charge in [0.15, 0.2) is 0 Å². The van der Waals surface area contributed by atoms with Crippen molar-refractivity contribution in [2.24, 2.45) is 0 Å². The summed E-state index contributed by atoms with van der Waals surface area (Å²) in [7, 11) is 0. The van der Waals surface area contributed by atoms with Crippen LogP contribution in [0.25, 0.3) is 0 Å². The van der Waals surface area contributed by atoms with E-state index in [1.807, 2.05) is 0 Å². The summed E-state index contributed by atoms with van der Waals surface area (Å²) in [5.41, 5.74) is 0. The van der Waals surface area contributed by atoms with Crippen molar-refractivity contribution >= 4 is 30.2 Å². The molecule has 42 heavy (non-hydrogen) atoms. The Morgan fingerprint density at radius 1 is 0.548 bits per heavy atom. The number of esters is 2. The predicted molar refractivity (Wildman–Crippen MR) is 147 cm³/mol. The smallest absolute Gasteiger partial charge is 0.413 e. The molecule has 0 aliphatic heterocycles. The molecule has 0 bridgehead atoms. The lowest BCUT2D eigenvalue weighted by atomic mass is 10.2. The van der Waals surface area contributed by atoms with Gasteiger partial charge in [0.1, 0.15) is 36.5 Å². The van der Waals surface area contributed by atoms with Gasteiger partial charge in [-0.3, -0.25) is 4.79 Å². The summed E-state index contributed by atoms with van der Waals surface area (Å²) in [6.45, 7) is -0.682. The van der Waals surface area contributed by atoms with E-state index >= 15 is 0 Å². The number of nitrogens with one attached hydrogen (secondary N) is 3. The average Bonchev–Trinajstić information content (AvgIpc) is 2.98. The van der Waals surface area contributed by atoms with Crippen molar-refractivity contribution in [2.75, 3.05) is 26.3 Å². The molecule has 1 atom stereocenters. The van der Waals surface area contributed by atoms with Gasteiger partial charge in [0.2, 0.25) is 0 Å². The summed E-state index contributed by atoms with van der Waals surface area (Å²) in [6, 6.07) is 23.3. The Balaban J connectivity index is 1.44. The molecule has 0 spiro atoms. The normalized spacial score (nSPS) is 10.8. The Bertz CT molecular complexity index is 1310. The molecule has 0 radical (unpaired) electrons. The topological polar surface area (TPSA) is 168 Å². The number of carbonyl (C=O) groups is 5. The van der Waals surface area contributed by atoms with E-state index in [2.05, 4.69) is 16.0 Å². The number of rotatable bonds is 13. The molecule has 3 amide bonds. The van der Waals surface area contributed by atoms with Crippen LogP contribution in [0.5, 0.6) is 17.2 Å². The molecule has 0 fully saturated rings. The van der Waals surface area contributed by atoms with Gasteiger partial charge in [-0.15, -0.1) is 0 Å². The maximum atomic E-state index is 12.7. The molecule has 220 valence electrons. The maximum Gasteiger partial charge on any atom is 0.413 e. The molecule has 0 aromatic heterocycles. The maximum absolute atomic E-state index is 12.7. The Morgan fingerprint density at radius 2 is 0.952 bits per heavy atom. The highest BCUT2D eigenvalue weighted by molar-refractivity contribution is 5.86. The molecule has 0 unspecified atom stereocenters. The first-order valence-electron chi connectivity index (χ1n) is 12.8. The third kappa shape index (κ3) is 12.1. The van der Waals surface area contributed by atoms with Gasteiger partial charge in [0.05, 0.1) is 19.5 Å². The first-order chi connectivity index (χ1) is 20.4. The summed E-state index contributed by atoms with van der Waals surface area (Å²) in [5, 5.41) is 7.10. The van der Waals surface area contributed by atoms with E-state index in [1.54, 1.807) is 78.9 Å². The summed E-state index contributed by atoms with van der Waals surface area (Å²) >= 11 is 0. The monoisotopic (exact) mass is 579 g/mol. The van der Waals surface area contributed by atoms with Crippen LogP contribution in [0, 0.1) is 0 Å². The van der Waals surface area contributed by atoms with E-state index in [-0.39, 0.29) is 32.1 Å². The third-order valence-corrected chi connectivity index (χ3v) is 5.06. The molecular formula is C29H29N3O10. The zero-order chi connectivity index (χ0) is 30.0. The van der Waals surface area contributed by atoms with Gasteiger partial charge in [-0.25, -0.2) is 19.2 Å². The van der Waals surface area contributed by atoms with Crippen LogP contribution in [-0.4, -0.2) is 62.6 Å². The fraction of sp³-hybridized carbons (Fsp3) is 0.207. The van der Waals surface area contributed by atoms with Crippen LogP contribution in [0.1, 0.15) is 6.42 Å². The van der Waals surface area contributed by atoms with Gasteiger partial charge in [0.25, 0.3) is 0 Å². The second-order valence-electron chi connectivity index (χ2n) is 8.25. The highest BCUT2D eigenvalue weighted by atomic mass is 16.6. The van der Waals surface area contributed by atoms with Crippen molar-refractivity contribution in [3.8, 4) is 17.2 Å². The van der Waals surface area contributed by atoms with Crippen molar-refractivity contribution in [3.63, 3.8) is 0 Å². The van der Waals surface area contributed by atoms with Crippen molar-refractivity contribution in [2.45, 2.75) is 12.5 Å². The van der Waals surface area contributed by atoms with E-state index in [1.165, 1.54) is 12.1 Å². The molecule has 3 aromatic rings. The third-order valence-electron chi connectivity index (χ3n) is 5.06. The number of ether oxygens (including phenoxy) is 5. The molecule has 0 saturated heterocycles. The lowest BCUT2D eigenvalue weighted by Gasteiger charge is -2.17.